The number of benzene rings is 1. The van der Waals surface area contributed by atoms with Crippen molar-refractivity contribution in [1.82, 2.24) is 4.72 Å². The summed E-state index contributed by atoms with van der Waals surface area (Å²) in [5, 5.41) is 9.11. The second-order valence-electron chi connectivity index (χ2n) is 4.37. The Morgan fingerprint density at radius 2 is 2.16 bits per heavy atom. The van der Waals surface area contributed by atoms with Crippen LogP contribution in [-0.4, -0.2) is 26.2 Å². The highest BCUT2D eigenvalue weighted by atomic mass is 35.5. The first-order valence-corrected chi connectivity index (χ1v) is 7.55. The van der Waals surface area contributed by atoms with E-state index in [-0.39, 0.29) is 17.5 Å². The molecule has 0 unspecified atom stereocenters. The Labute approximate surface area is 115 Å². The summed E-state index contributed by atoms with van der Waals surface area (Å²) in [6.07, 6.45) is 3.86. The predicted octanol–water partition coefficient (Wildman–Crippen LogP) is 1.69. The maximum Gasteiger partial charge on any atom is 0.244 e. The molecule has 0 heterocycles. The van der Waals surface area contributed by atoms with Crippen LogP contribution in [0.3, 0.4) is 0 Å². The van der Waals surface area contributed by atoms with Gasteiger partial charge in [0.25, 0.3) is 0 Å². The minimum absolute atomic E-state index is 0.0377. The van der Waals surface area contributed by atoms with Crippen molar-refractivity contribution in [2.75, 3.05) is 6.61 Å². The molecule has 1 aromatic carbocycles. The molecule has 0 aliphatic heterocycles. The van der Waals surface area contributed by atoms with E-state index < -0.39 is 26.8 Å². The molecule has 2 rings (SSSR count). The van der Waals surface area contributed by atoms with Crippen LogP contribution in [-0.2, 0) is 10.0 Å². The van der Waals surface area contributed by atoms with E-state index in [1.165, 1.54) is 6.07 Å². The Morgan fingerprint density at radius 1 is 1.42 bits per heavy atom. The normalized spacial score (nSPS) is 22.9. The van der Waals surface area contributed by atoms with E-state index in [1.54, 1.807) is 12.2 Å². The lowest BCUT2D eigenvalue weighted by Crippen LogP contribution is -2.33. The Hall–Kier alpha value is -0.950. The van der Waals surface area contributed by atoms with Crippen molar-refractivity contribution in [2.45, 2.75) is 17.4 Å². The second kappa shape index (κ2) is 5.58. The van der Waals surface area contributed by atoms with Gasteiger partial charge in [0.1, 0.15) is 10.7 Å². The third-order valence-corrected chi connectivity index (χ3v) is 4.66. The van der Waals surface area contributed by atoms with Crippen molar-refractivity contribution in [2.24, 2.45) is 5.92 Å². The van der Waals surface area contributed by atoms with E-state index >= 15 is 0 Å². The Bertz CT molecular complexity index is 603. The highest BCUT2D eigenvalue weighted by Gasteiger charge is 2.26. The molecule has 104 valence electrons. The summed E-state index contributed by atoms with van der Waals surface area (Å²) in [5.41, 5.74) is 0. The minimum atomic E-state index is -3.94. The molecule has 0 saturated heterocycles. The molecule has 0 saturated carbocycles. The smallest absolute Gasteiger partial charge is 0.244 e. The molecule has 0 radical (unpaired) electrons. The van der Waals surface area contributed by atoms with E-state index in [0.29, 0.717) is 6.42 Å². The summed E-state index contributed by atoms with van der Waals surface area (Å²) in [6, 6.07) is 2.97. The fraction of sp³-hybridized carbons (Fsp3) is 0.333. The van der Waals surface area contributed by atoms with Gasteiger partial charge in [-0.2, -0.15) is 0 Å². The van der Waals surface area contributed by atoms with Gasteiger partial charge >= 0.3 is 0 Å². The van der Waals surface area contributed by atoms with E-state index in [0.717, 1.165) is 12.1 Å². The van der Waals surface area contributed by atoms with E-state index in [2.05, 4.69) is 4.72 Å². The summed E-state index contributed by atoms with van der Waals surface area (Å²) in [7, 11) is -3.94. The van der Waals surface area contributed by atoms with Gasteiger partial charge < -0.3 is 5.11 Å². The summed E-state index contributed by atoms with van der Waals surface area (Å²) in [6.45, 7) is -0.0377. The Balaban J connectivity index is 2.17. The number of halogens is 2. The maximum absolute atomic E-state index is 13.6. The van der Waals surface area contributed by atoms with Gasteiger partial charge in [0.2, 0.25) is 10.0 Å². The standard InChI is InChI=1S/C12H13ClFNO3S/c13-9-2-4-12(11(14)6-9)19(17,18)15-10-3-1-8(5-10)7-16/h1-4,6,8,10,15-16H,5,7H2/t8-,10+/m0/s1. The average molecular weight is 306 g/mol. The number of aliphatic hydroxyl groups is 1. The van der Waals surface area contributed by atoms with Crippen molar-refractivity contribution in [3.05, 3.63) is 41.2 Å². The van der Waals surface area contributed by atoms with Gasteiger partial charge in [0.05, 0.1) is 0 Å². The van der Waals surface area contributed by atoms with Gasteiger partial charge in [-0.3, -0.25) is 0 Å². The molecule has 0 spiro atoms. The van der Waals surface area contributed by atoms with Crippen LogP contribution in [0.1, 0.15) is 6.42 Å². The molecule has 2 atom stereocenters. The monoisotopic (exact) mass is 305 g/mol. The molecular weight excluding hydrogens is 293 g/mol. The highest BCUT2D eigenvalue weighted by molar-refractivity contribution is 7.89. The zero-order valence-corrected chi connectivity index (χ0v) is 11.5. The molecule has 4 nitrogen and oxygen atoms in total. The van der Waals surface area contributed by atoms with E-state index in [1.807, 2.05) is 0 Å². The molecule has 0 bridgehead atoms. The fourth-order valence-corrected chi connectivity index (χ4v) is 3.38. The van der Waals surface area contributed by atoms with Gasteiger partial charge in [-0.15, -0.1) is 0 Å². The summed E-state index contributed by atoms with van der Waals surface area (Å²) < 4.78 is 40.0. The van der Waals surface area contributed by atoms with Crippen LogP contribution in [0, 0.1) is 11.7 Å². The first-order valence-electron chi connectivity index (χ1n) is 5.69. The number of hydrogen-bond acceptors (Lipinski definition) is 3. The fourth-order valence-electron chi connectivity index (χ4n) is 1.95. The molecule has 0 aromatic heterocycles. The lowest BCUT2D eigenvalue weighted by Gasteiger charge is -2.13. The third kappa shape index (κ3) is 3.33. The van der Waals surface area contributed by atoms with Crippen molar-refractivity contribution >= 4 is 21.6 Å². The van der Waals surface area contributed by atoms with Crippen LogP contribution in [0.25, 0.3) is 0 Å². The molecule has 19 heavy (non-hydrogen) atoms. The average Bonchev–Trinajstić information content (AvgIpc) is 2.75. The van der Waals surface area contributed by atoms with Crippen molar-refractivity contribution in [3.63, 3.8) is 0 Å². The zero-order chi connectivity index (χ0) is 14.0. The third-order valence-electron chi connectivity index (χ3n) is 2.90. The summed E-state index contributed by atoms with van der Waals surface area (Å²) >= 11 is 5.58. The van der Waals surface area contributed by atoms with Crippen LogP contribution in [0.4, 0.5) is 4.39 Å². The topological polar surface area (TPSA) is 66.4 Å². The number of rotatable bonds is 4. The molecule has 0 fully saturated rings. The van der Waals surface area contributed by atoms with Gasteiger partial charge in [0, 0.05) is 23.6 Å². The molecule has 1 aliphatic carbocycles. The van der Waals surface area contributed by atoms with E-state index in [4.69, 9.17) is 16.7 Å². The minimum Gasteiger partial charge on any atom is -0.396 e. The van der Waals surface area contributed by atoms with Crippen LogP contribution in [0.5, 0.6) is 0 Å². The summed E-state index contributed by atoms with van der Waals surface area (Å²) in [4.78, 5) is -0.433. The second-order valence-corrected chi connectivity index (χ2v) is 6.48. The van der Waals surface area contributed by atoms with Gasteiger partial charge in [-0.25, -0.2) is 17.5 Å². The van der Waals surface area contributed by atoms with Crippen molar-refractivity contribution in [3.8, 4) is 0 Å². The zero-order valence-electron chi connectivity index (χ0n) is 9.88. The number of sulfonamides is 1. The maximum atomic E-state index is 13.6. The van der Waals surface area contributed by atoms with Crippen LogP contribution in [0.2, 0.25) is 5.02 Å². The molecule has 1 aliphatic rings. The largest absolute Gasteiger partial charge is 0.396 e. The Morgan fingerprint density at radius 3 is 2.74 bits per heavy atom. The molecule has 2 N–H and O–H groups in total. The first kappa shape index (κ1) is 14.5. The van der Waals surface area contributed by atoms with Gasteiger partial charge in [-0.1, -0.05) is 23.8 Å². The number of hydrogen-bond donors (Lipinski definition) is 2. The predicted molar refractivity (Wildman–Crippen MR) is 69.9 cm³/mol. The lowest BCUT2D eigenvalue weighted by molar-refractivity contribution is 0.248. The lowest BCUT2D eigenvalue weighted by atomic mass is 10.1. The van der Waals surface area contributed by atoms with Crippen LogP contribution >= 0.6 is 11.6 Å². The van der Waals surface area contributed by atoms with Crippen LogP contribution < -0.4 is 4.72 Å². The van der Waals surface area contributed by atoms with Gasteiger partial charge in [-0.05, 0) is 24.6 Å². The van der Waals surface area contributed by atoms with Crippen molar-refractivity contribution < 1.29 is 17.9 Å². The number of aliphatic hydroxyl groups excluding tert-OH is 1. The van der Waals surface area contributed by atoms with Crippen molar-refractivity contribution in [1.29, 1.82) is 0 Å². The first-order chi connectivity index (χ1) is 8.92. The van der Waals surface area contributed by atoms with Gasteiger partial charge in [0.15, 0.2) is 0 Å². The van der Waals surface area contributed by atoms with Crippen LogP contribution in [0.15, 0.2) is 35.2 Å². The SMILES string of the molecule is O=S(=O)(N[C@@H]1C=C[C@H](CO)C1)c1ccc(Cl)cc1F. The van der Waals surface area contributed by atoms with E-state index in [9.17, 15) is 12.8 Å². The highest BCUT2D eigenvalue weighted by Crippen LogP contribution is 2.22. The molecule has 0 amide bonds. The Kier molecular flexibility index (Phi) is 4.25. The summed E-state index contributed by atoms with van der Waals surface area (Å²) in [5.74, 6) is -0.955. The molecular formula is C12H13ClFNO3S. The number of nitrogens with one attached hydrogen (secondary N) is 1. The molecule has 7 heteroatoms. The quantitative estimate of drug-likeness (QED) is 0.832. The molecule has 1 aromatic rings.